The lowest BCUT2D eigenvalue weighted by molar-refractivity contribution is -0.138. The van der Waals surface area contributed by atoms with Gasteiger partial charge in [-0.05, 0) is 31.9 Å². The van der Waals surface area contributed by atoms with Crippen LogP contribution in [0.5, 0.6) is 0 Å². The van der Waals surface area contributed by atoms with Crippen LogP contribution in [0.3, 0.4) is 0 Å². The summed E-state index contributed by atoms with van der Waals surface area (Å²) in [5.74, 6) is -1.07. The van der Waals surface area contributed by atoms with E-state index in [9.17, 15) is 14.7 Å². The fourth-order valence-corrected chi connectivity index (χ4v) is 2.31. The van der Waals surface area contributed by atoms with Crippen LogP contribution in [0.1, 0.15) is 30.3 Å². The molecule has 0 spiro atoms. The Hall–Kier alpha value is -2.11. The molecule has 1 aromatic rings. The van der Waals surface area contributed by atoms with Gasteiger partial charge in [-0.3, -0.25) is 9.78 Å². The van der Waals surface area contributed by atoms with E-state index in [1.54, 1.807) is 12.1 Å². The number of carboxylic acids is 1. The van der Waals surface area contributed by atoms with E-state index in [1.807, 2.05) is 11.8 Å². The fourth-order valence-electron chi connectivity index (χ4n) is 2.31. The largest absolute Gasteiger partial charge is 0.480 e. The molecule has 1 aliphatic rings. The number of amides is 1. The van der Waals surface area contributed by atoms with Crippen molar-refractivity contribution in [1.29, 1.82) is 0 Å². The predicted molar refractivity (Wildman–Crippen MR) is 70.2 cm³/mol. The molecule has 0 saturated carbocycles. The van der Waals surface area contributed by atoms with Crippen LogP contribution in [0, 0.1) is 0 Å². The molecule has 6 nitrogen and oxygen atoms in total. The van der Waals surface area contributed by atoms with Gasteiger partial charge in [-0.15, -0.1) is 0 Å². The van der Waals surface area contributed by atoms with Crippen LogP contribution in [0.2, 0.25) is 0 Å². The van der Waals surface area contributed by atoms with Crippen molar-refractivity contribution >= 4 is 17.6 Å². The maximum absolute atomic E-state index is 11.7. The third-order valence-electron chi connectivity index (χ3n) is 3.18. The number of pyridine rings is 1. The summed E-state index contributed by atoms with van der Waals surface area (Å²) in [7, 11) is 0. The van der Waals surface area contributed by atoms with Gasteiger partial charge < -0.3 is 15.3 Å². The third-order valence-corrected chi connectivity index (χ3v) is 3.18. The summed E-state index contributed by atoms with van der Waals surface area (Å²) < 4.78 is 0. The second kappa shape index (κ2) is 5.69. The first-order valence-corrected chi connectivity index (χ1v) is 6.37. The number of nitrogens with one attached hydrogen (secondary N) is 1. The first-order valence-electron chi connectivity index (χ1n) is 6.37. The van der Waals surface area contributed by atoms with E-state index in [2.05, 4.69) is 10.3 Å². The van der Waals surface area contributed by atoms with Crippen LogP contribution in [0.25, 0.3) is 0 Å². The minimum Gasteiger partial charge on any atom is -0.480 e. The lowest BCUT2D eigenvalue weighted by Gasteiger charge is -2.23. The molecule has 1 saturated heterocycles. The van der Waals surface area contributed by atoms with Crippen LogP contribution in [0.15, 0.2) is 18.3 Å². The van der Waals surface area contributed by atoms with Crippen molar-refractivity contribution in [3.05, 3.63) is 24.0 Å². The molecule has 0 bridgehead atoms. The maximum atomic E-state index is 11.7. The molecule has 19 heavy (non-hydrogen) atoms. The highest BCUT2D eigenvalue weighted by molar-refractivity contribution is 5.93. The van der Waals surface area contributed by atoms with Crippen molar-refractivity contribution in [3.8, 4) is 0 Å². The second-order valence-electron chi connectivity index (χ2n) is 4.45. The van der Waals surface area contributed by atoms with E-state index in [1.165, 1.54) is 6.20 Å². The Kier molecular flexibility index (Phi) is 3.99. The van der Waals surface area contributed by atoms with E-state index in [-0.39, 0.29) is 5.91 Å². The molecular formula is C13H17N3O3. The maximum Gasteiger partial charge on any atom is 0.326 e. The fraction of sp³-hybridized carbons (Fsp3) is 0.462. The van der Waals surface area contributed by atoms with Crippen molar-refractivity contribution in [2.75, 3.05) is 18.0 Å². The average molecular weight is 263 g/mol. The summed E-state index contributed by atoms with van der Waals surface area (Å²) in [5, 5.41) is 11.8. The molecule has 0 radical (unpaired) electrons. The number of hydrogen-bond donors (Lipinski definition) is 2. The monoisotopic (exact) mass is 263 g/mol. The Bertz CT molecular complexity index is 490. The highest BCUT2D eigenvalue weighted by atomic mass is 16.4. The van der Waals surface area contributed by atoms with Gasteiger partial charge in [0.2, 0.25) is 0 Å². The van der Waals surface area contributed by atoms with E-state index >= 15 is 0 Å². The standard InChI is InChI=1S/C13H17N3O3/c1-2-14-12(17)10-8-9(5-6-15-10)16-7-3-4-11(16)13(18)19/h5-6,8,11H,2-4,7H2,1H3,(H,14,17)(H,18,19). The van der Waals surface area contributed by atoms with Gasteiger partial charge in [-0.1, -0.05) is 0 Å². The zero-order valence-electron chi connectivity index (χ0n) is 10.8. The lowest BCUT2D eigenvalue weighted by Crippen LogP contribution is -2.36. The van der Waals surface area contributed by atoms with Crippen LogP contribution in [0.4, 0.5) is 5.69 Å². The molecule has 1 atom stereocenters. The molecule has 6 heteroatoms. The predicted octanol–water partition coefficient (Wildman–Crippen LogP) is 0.885. The van der Waals surface area contributed by atoms with E-state index < -0.39 is 12.0 Å². The van der Waals surface area contributed by atoms with Gasteiger partial charge in [-0.2, -0.15) is 0 Å². The Morgan fingerprint density at radius 1 is 1.58 bits per heavy atom. The third kappa shape index (κ3) is 2.83. The first kappa shape index (κ1) is 13.3. The number of anilines is 1. The molecule has 1 amide bonds. The van der Waals surface area contributed by atoms with Gasteiger partial charge in [0, 0.05) is 25.0 Å². The Balaban J connectivity index is 2.23. The summed E-state index contributed by atoms with van der Waals surface area (Å²) in [6.07, 6.45) is 3.01. The molecule has 2 N–H and O–H groups in total. The molecule has 1 fully saturated rings. The zero-order valence-corrected chi connectivity index (χ0v) is 10.8. The van der Waals surface area contributed by atoms with Gasteiger partial charge in [0.25, 0.3) is 5.91 Å². The normalized spacial score (nSPS) is 18.4. The molecule has 0 aliphatic carbocycles. The zero-order chi connectivity index (χ0) is 13.8. The van der Waals surface area contributed by atoms with Crippen LogP contribution in [-0.4, -0.2) is 41.1 Å². The van der Waals surface area contributed by atoms with Crippen LogP contribution < -0.4 is 10.2 Å². The van der Waals surface area contributed by atoms with Gasteiger partial charge in [-0.25, -0.2) is 4.79 Å². The number of rotatable bonds is 4. The highest BCUT2D eigenvalue weighted by Gasteiger charge is 2.30. The van der Waals surface area contributed by atoms with Crippen molar-refractivity contribution < 1.29 is 14.7 Å². The molecule has 1 aliphatic heterocycles. The average Bonchev–Trinajstić information content (AvgIpc) is 2.88. The number of carbonyl (C=O) groups excluding carboxylic acids is 1. The number of hydrogen-bond acceptors (Lipinski definition) is 4. The number of nitrogens with zero attached hydrogens (tertiary/aromatic N) is 2. The minimum atomic E-state index is -0.825. The Morgan fingerprint density at radius 2 is 2.37 bits per heavy atom. The number of carboxylic acid groups (broad SMARTS) is 1. The summed E-state index contributed by atoms with van der Waals surface area (Å²) in [6, 6.07) is 2.88. The van der Waals surface area contributed by atoms with Crippen molar-refractivity contribution in [3.63, 3.8) is 0 Å². The van der Waals surface area contributed by atoms with Crippen LogP contribution >= 0.6 is 0 Å². The van der Waals surface area contributed by atoms with Gasteiger partial charge in [0.05, 0.1) is 0 Å². The molecule has 0 aromatic carbocycles. The van der Waals surface area contributed by atoms with E-state index in [4.69, 9.17) is 0 Å². The number of carbonyl (C=O) groups is 2. The molecule has 2 rings (SSSR count). The topological polar surface area (TPSA) is 82.5 Å². The van der Waals surface area contributed by atoms with Crippen molar-refractivity contribution in [2.45, 2.75) is 25.8 Å². The number of aromatic nitrogens is 1. The molecule has 2 heterocycles. The minimum absolute atomic E-state index is 0.240. The second-order valence-corrected chi connectivity index (χ2v) is 4.45. The smallest absolute Gasteiger partial charge is 0.326 e. The van der Waals surface area contributed by atoms with E-state index in [0.717, 1.165) is 12.1 Å². The molecular weight excluding hydrogens is 246 g/mol. The summed E-state index contributed by atoms with van der Waals surface area (Å²) in [6.45, 7) is 3.06. The highest BCUT2D eigenvalue weighted by Crippen LogP contribution is 2.25. The van der Waals surface area contributed by atoms with Crippen molar-refractivity contribution in [2.24, 2.45) is 0 Å². The van der Waals surface area contributed by atoms with Crippen molar-refractivity contribution in [1.82, 2.24) is 10.3 Å². The number of aliphatic carboxylic acids is 1. The summed E-state index contributed by atoms with van der Waals surface area (Å²) in [5.41, 5.74) is 1.05. The molecule has 102 valence electrons. The quantitative estimate of drug-likeness (QED) is 0.842. The van der Waals surface area contributed by atoms with Gasteiger partial charge in [0.15, 0.2) is 0 Å². The first-order chi connectivity index (χ1) is 9.13. The molecule has 1 aromatic heterocycles. The van der Waals surface area contributed by atoms with Gasteiger partial charge >= 0.3 is 5.97 Å². The van der Waals surface area contributed by atoms with Crippen LogP contribution in [-0.2, 0) is 4.79 Å². The summed E-state index contributed by atoms with van der Waals surface area (Å²) >= 11 is 0. The summed E-state index contributed by atoms with van der Waals surface area (Å²) in [4.78, 5) is 28.7. The Morgan fingerprint density at radius 3 is 3.05 bits per heavy atom. The SMILES string of the molecule is CCNC(=O)c1cc(N2CCCC2C(=O)O)ccn1. The Labute approximate surface area is 111 Å². The lowest BCUT2D eigenvalue weighted by atomic mass is 10.2. The van der Waals surface area contributed by atoms with Gasteiger partial charge in [0.1, 0.15) is 11.7 Å². The molecule has 1 unspecified atom stereocenters. The van der Waals surface area contributed by atoms with E-state index in [0.29, 0.717) is 25.2 Å².